The largest absolute Gasteiger partial charge is 0.371 e. The molecule has 0 N–H and O–H groups in total. The Morgan fingerprint density at radius 3 is 2.65 bits per heavy atom. The fraction of sp³-hybridized carbons (Fsp3) is 0.471. The van der Waals surface area contributed by atoms with Gasteiger partial charge >= 0.3 is 11.2 Å². The third-order valence-electron chi connectivity index (χ3n) is 4.37. The molecule has 0 fully saturated rings. The molecule has 23 heavy (non-hydrogen) atoms. The molecule has 1 aliphatic heterocycles. The van der Waals surface area contributed by atoms with Gasteiger partial charge in [-0.15, -0.1) is 0 Å². The number of anilines is 1. The van der Waals surface area contributed by atoms with Crippen molar-refractivity contribution >= 4 is 22.3 Å². The maximum atomic E-state index is 12.3. The van der Waals surface area contributed by atoms with E-state index in [9.17, 15) is 14.9 Å². The summed E-state index contributed by atoms with van der Waals surface area (Å²) in [5.74, 6) is 0.557. The van der Waals surface area contributed by atoms with Crippen molar-refractivity contribution in [3.05, 3.63) is 44.2 Å². The molecule has 1 aromatic heterocycles. The van der Waals surface area contributed by atoms with Gasteiger partial charge in [0.2, 0.25) is 0 Å². The van der Waals surface area contributed by atoms with Crippen LogP contribution in [0.5, 0.6) is 0 Å². The monoisotopic (exact) mass is 315 g/mol. The first-order chi connectivity index (χ1) is 10.9. The normalized spacial score (nSPS) is 13.8. The molecule has 122 valence electrons. The minimum Gasteiger partial charge on any atom is -0.371 e. The highest BCUT2D eigenvalue weighted by Gasteiger charge is 2.23. The maximum Gasteiger partial charge on any atom is 0.334 e. The number of hydrogen-bond acceptors (Lipinski definition) is 4. The van der Waals surface area contributed by atoms with Gasteiger partial charge < -0.3 is 9.47 Å². The van der Waals surface area contributed by atoms with Gasteiger partial charge in [0.1, 0.15) is 0 Å². The highest BCUT2D eigenvalue weighted by Crippen LogP contribution is 2.33. The molecule has 1 aliphatic rings. The molecule has 0 radical (unpaired) electrons. The number of aromatic nitrogens is 1. The molecule has 0 atom stereocenters. The van der Waals surface area contributed by atoms with Crippen molar-refractivity contribution in [2.24, 2.45) is 5.92 Å². The molecule has 0 amide bonds. The number of pyridine rings is 1. The molecule has 0 unspecified atom stereocenters. The summed E-state index contributed by atoms with van der Waals surface area (Å²) in [6.07, 6.45) is 0.942. The van der Waals surface area contributed by atoms with Crippen molar-refractivity contribution in [3.63, 3.8) is 0 Å². The summed E-state index contributed by atoms with van der Waals surface area (Å²) in [5, 5.41) is 11.9. The highest BCUT2D eigenvalue weighted by atomic mass is 16.6. The summed E-state index contributed by atoms with van der Waals surface area (Å²) < 4.78 is 1.50. The first-order valence-electron chi connectivity index (χ1n) is 8.02. The summed E-state index contributed by atoms with van der Waals surface area (Å²) >= 11 is 0. The SMILES string of the molecule is CCn1c(=O)c([N+](=O)[O-])cc2cc3c(cc21)N(CC(C)C)CC3. The van der Waals surface area contributed by atoms with Gasteiger partial charge in [0, 0.05) is 36.8 Å². The second-order valence-corrected chi connectivity index (χ2v) is 6.47. The molecular weight excluding hydrogens is 294 g/mol. The Kier molecular flexibility index (Phi) is 3.83. The fourth-order valence-electron chi connectivity index (χ4n) is 3.39. The maximum absolute atomic E-state index is 12.3. The van der Waals surface area contributed by atoms with Gasteiger partial charge in [-0.05, 0) is 37.0 Å². The highest BCUT2D eigenvalue weighted by molar-refractivity contribution is 5.87. The second-order valence-electron chi connectivity index (χ2n) is 6.47. The molecule has 2 heterocycles. The molecule has 6 heteroatoms. The summed E-state index contributed by atoms with van der Waals surface area (Å²) in [6.45, 7) is 8.56. The van der Waals surface area contributed by atoms with Crippen molar-refractivity contribution in [1.29, 1.82) is 0 Å². The molecule has 6 nitrogen and oxygen atoms in total. The molecule has 0 saturated carbocycles. The zero-order valence-corrected chi connectivity index (χ0v) is 13.7. The van der Waals surface area contributed by atoms with E-state index in [2.05, 4.69) is 18.7 Å². The van der Waals surface area contributed by atoms with Crippen LogP contribution in [0.4, 0.5) is 11.4 Å². The number of nitro groups is 1. The number of fused-ring (bicyclic) bond motifs is 2. The van der Waals surface area contributed by atoms with E-state index < -0.39 is 10.5 Å². The van der Waals surface area contributed by atoms with Gasteiger partial charge in [0.25, 0.3) is 0 Å². The van der Waals surface area contributed by atoms with Crippen LogP contribution in [0.15, 0.2) is 23.0 Å². The summed E-state index contributed by atoms with van der Waals surface area (Å²) in [6, 6.07) is 5.44. The molecule has 0 saturated heterocycles. The minimum atomic E-state index is -0.591. The van der Waals surface area contributed by atoms with E-state index in [0.29, 0.717) is 12.5 Å². The van der Waals surface area contributed by atoms with Crippen LogP contribution in [0.25, 0.3) is 10.9 Å². The Morgan fingerprint density at radius 1 is 1.30 bits per heavy atom. The quantitative estimate of drug-likeness (QED) is 0.642. The van der Waals surface area contributed by atoms with Gasteiger partial charge in [-0.1, -0.05) is 13.8 Å². The van der Waals surface area contributed by atoms with Gasteiger partial charge in [-0.2, -0.15) is 0 Å². The predicted molar refractivity (Wildman–Crippen MR) is 91.3 cm³/mol. The Bertz CT molecular complexity index is 839. The number of aryl methyl sites for hydroxylation is 1. The van der Waals surface area contributed by atoms with E-state index in [0.717, 1.165) is 36.1 Å². The summed E-state index contributed by atoms with van der Waals surface area (Å²) in [7, 11) is 0. The van der Waals surface area contributed by atoms with Crippen LogP contribution in [0.1, 0.15) is 26.3 Å². The summed E-state index contributed by atoms with van der Waals surface area (Å²) in [4.78, 5) is 25.2. The van der Waals surface area contributed by atoms with E-state index in [1.807, 2.05) is 19.1 Å². The number of rotatable bonds is 4. The Balaban J connectivity index is 2.24. The standard InChI is InChI=1S/C17H21N3O3/c1-4-19-15-9-14-12(5-6-18(14)10-11(2)3)7-13(15)8-16(17(19)21)20(22)23/h7-9,11H,4-6,10H2,1-3H3. The molecule has 2 aromatic rings. The van der Waals surface area contributed by atoms with Gasteiger partial charge in [0.05, 0.1) is 10.4 Å². The van der Waals surface area contributed by atoms with Crippen LogP contribution < -0.4 is 10.5 Å². The molecule has 0 aliphatic carbocycles. The van der Waals surface area contributed by atoms with Crippen LogP contribution in [-0.2, 0) is 13.0 Å². The van der Waals surface area contributed by atoms with Gasteiger partial charge in [-0.3, -0.25) is 14.9 Å². The Hall–Kier alpha value is -2.37. The van der Waals surface area contributed by atoms with E-state index in [-0.39, 0.29) is 5.69 Å². The Morgan fingerprint density at radius 2 is 2.04 bits per heavy atom. The van der Waals surface area contributed by atoms with Crippen LogP contribution in [-0.4, -0.2) is 22.6 Å². The van der Waals surface area contributed by atoms with E-state index >= 15 is 0 Å². The first kappa shape index (κ1) is 15.5. The van der Waals surface area contributed by atoms with Crippen molar-refractivity contribution in [3.8, 4) is 0 Å². The average molecular weight is 315 g/mol. The van der Waals surface area contributed by atoms with Crippen LogP contribution >= 0.6 is 0 Å². The van der Waals surface area contributed by atoms with Crippen LogP contribution in [0.3, 0.4) is 0 Å². The number of benzene rings is 1. The van der Waals surface area contributed by atoms with Crippen LogP contribution in [0.2, 0.25) is 0 Å². The first-order valence-corrected chi connectivity index (χ1v) is 8.02. The van der Waals surface area contributed by atoms with Crippen molar-refractivity contribution in [2.45, 2.75) is 33.7 Å². The van der Waals surface area contributed by atoms with Gasteiger partial charge in [-0.25, -0.2) is 0 Å². The molecule has 0 bridgehead atoms. The lowest BCUT2D eigenvalue weighted by molar-refractivity contribution is -0.386. The lowest BCUT2D eigenvalue weighted by Gasteiger charge is -2.22. The third kappa shape index (κ3) is 2.58. The lowest BCUT2D eigenvalue weighted by atomic mass is 10.1. The van der Waals surface area contributed by atoms with E-state index in [4.69, 9.17) is 0 Å². The molecule has 1 aromatic carbocycles. The summed E-state index contributed by atoms with van der Waals surface area (Å²) in [5.41, 5.74) is 2.25. The number of nitrogens with zero attached hydrogens (tertiary/aromatic N) is 3. The van der Waals surface area contributed by atoms with Crippen LogP contribution in [0, 0.1) is 16.0 Å². The fourth-order valence-corrected chi connectivity index (χ4v) is 3.39. The third-order valence-corrected chi connectivity index (χ3v) is 4.37. The lowest BCUT2D eigenvalue weighted by Crippen LogP contribution is -2.25. The van der Waals surface area contributed by atoms with E-state index in [1.165, 1.54) is 16.2 Å². The average Bonchev–Trinajstić information content (AvgIpc) is 2.86. The van der Waals surface area contributed by atoms with E-state index in [1.54, 1.807) is 0 Å². The van der Waals surface area contributed by atoms with Crippen molar-refractivity contribution < 1.29 is 4.92 Å². The zero-order chi connectivity index (χ0) is 16.7. The van der Waals surface area contributed by atoms with Crippen molar-refractivity contribution in [1.82, 2.24) is 4.57 Å². The molecular formula is C17H21N3O3. The smallest absolute Gasteiger partial charge is 0.334 e. The van der Waals surface area contributed by atoms with Crippen molar-refractivity contribution in [2.75, 3.05) is 18.0 Å². The second kappa shape index (κ2) is 5.68. The molecule has 0 spiro atoms. The predicted octanol–water partition coefficient (Wildman–Crippen LogP) is 2.95. The molecule has 3 rings (SSSR count). The zero-order valence-electron chi connectivity index (χ0n) is 13.7. The minimum absolute atomic E-state index is 0.351. The Labute approximate surface area is 134 Å². The van der Waals surface area contributed by atoms with Gasteiger partial charge in [0.15, 0.2) is 0 Å². The number of hydrogen-bond donors (Lipinski definition) is 0. The topological polar surface area (TPSA) is 68.4 Å².